The SMILES string of the molecule is O=C(NCCC1=CCCCC1)C1=NNCO1. The minimum Gasteiger partial charge on any atom is -0.450 e. The van der Waals surface area contributed by atoms with E-state index in [1.54, 1.807) is 0 Å². The maximum absolute atomic E-state index is 11.5. The highest BCUT2D eigenvalue weighted by Crippen LogP contribution is 2.19. The van der Waals surface area contributed by atoms with Crippen molar-refractivity contribution in [2.24, 2.45) is 5.10 Å². The van der Waals surface area contributed by atoms with Gasteiger partial charge in [0, 0.05) is 6.54 Å². The van der Waals surface area contributed by atoms with E-state index in [-0.39, 0.29) is 18.5 Å². The molecule has 0 radical (unpaired) electrons. The topological polar surface area (TPSA) is 62.7 Å². The molecule has 2 aliphatic rings. The molecule has 1 aliphatic heterocycles. The lowest BCUT2D eigenvalue weighted by atomic mass is 9.97. The monoisotopic (exact) mass is 223 g/mol. The van der Waals surface area contributed by atoms with Gasteiger partial charge in [-0.05, 0) is 32.1 Å². The Bertz CT molecular complexity index is 323. The summed E-state index contributed by atoms with van der Waals surface area (Å²) in [5.41, 5.74) is 4.04. The van der Waals surface area contributed by atoms with Crippen LogP contribution in [0, 0.1) is 0 Å². The fourth-order valence-electron chi connectivity index (χ4n) is 1.90. The fourth-order valence-corrected chi connectivity index (χ4v) is 1.90. The van der Waals surface area contributed by atoms with Crippen LogP contribution in [0.5, 0.6) is 0 Å². The molecule has 5 nitrogen and oxygen atoms in total. The van der Waals surface area contributed by atoms with Gasteiger partial charge in [0.05, 0.1) is 0 Å². The highest BCUT2D eigenvalue weighted by atomic mass is 16.5. The van der Waals surface area contributed by atoms with Crippen LogP contribution in [0.25, 0.3) is 0 Å². The number of hydrazone groups is 1. The van der Waals surface area contributed by atoms with Crippen molar-refractivity contribution >= 4 is 11.8 Å². The van der Waals surface area contributed by atoms with E-state index in [0.717, 1.165) is 6.42 Å². The van der Waals surface area contributed by atoms with E-state index in [4.69, 9.17) is 4.74 Å². The Labute approximate surface area is 94.9 Å². The summed E-state index contributed by atoms with van der Waals surface area (Å²) in [5, 5.41) is 6.52. The molecule has 0 aromatic heterocycles. The van der Waals surface area contributed by atoms with Gasteiger partial charge in [-0.25, -0.2) is 0 Å². The van der Waals surface area contributed by atoms with Crippen LogP contribution in [0.3, 0.4) is 0 Å². The van der Waals surface area contributed by atoms with Crippen LogP contribution in [0.1, 0.15) is 32.1 Å². The molecular weight excluding hydrogens is 206 g/mol. The summed E-state index contributed by atoms with van der Waals surface area (Å²) in [7, 11) is 0. The lowest BCUT2D eigenvalue weighted by Gasteiger charge is -2.12. The van der Waals surface area contributed by atoms with Crippen molar-refractivity contribution in [3.8, 4) is 0 Å². The van der Waals surface area contributed by atoms with Crippen LogP contribution in [0.4, 0.5) is 0 Å². The first-order valence-corrected chi connectivity index (χ1v) is 5.76. The first kappa shape index (κ1) is 11.0. The molecule has 2 rings (SSSR count). The number of rotatable bonds is 4. The normalized spacial score (nSPS) is 19.2. The number of carbonyl (C=O) groups excluding carboxylic acids is 1. The Morgan fingerprint density at radius 2 is 2.50 bits per heavy atom. The van der Waals surface area contributed by atoms with E-state index in [0.29, 0.717) is 6.54 Å². The third kappa shape index (κ3) is 2.98. The number of nitrogens with zero attached hydrogens (tertiary/aromatic N) is 1. The van der Waals surface area contributed by atoms with E-state index in [2.05, 4.69) is 21.9 Å². The van der Waals surface area contributed by atoms with Crippen LogP contribution in [0.15, 0.2) is 16.8 Å². The van der Waals surface area contributed by atoms with Crippen molar-refractivity contribution in [1.82, 2.24) is 10.7 Å². The average molecular weight is 223 g/mol. The number of ether oxygens (including phenoxy) is 1. The fraction of sp³-hybridized carbons (Fsp3) is 0.636. The van der Waals surface area contributed by atoms with Gasteiger partial charge in [-0.3, -0.25) is 10.2 Å². The minimum atomic E-state index is -0.235. The average Bonchev–Trinajstić information content (AvgIpc) is 2.84. The van der Waals surface area contributed by atoms with Gasteiger partial charge >= 0.3 is 5.91 Å². The Morgan fingerprint density at radius 3 is 3.19 bits per heavy atom. The molecule has 5 heteroatoms. The second kappa shape index (κ2) is 5.53. The van der Waals surface area contributed by atoms with Crippen LogP contribution >= 0.6 is 0 Å². The van der Waals surface area contributed by atoms with Gasteiger partial charge < -0.3 is 10.1 Å². The van der Waals surface area contributed by atoms with Crippen molar-refractivity contribution < 1.29 is 9.53 Å². The van der Waals surface area contributed by atoms with Gasteiger partial charge in [0.15, 0.2) is 6.73 Å². The van der Waals surface area contributed by atoms with Crippen LogP contribution < -0.4 is 10.7 Å². The summed E-state index contributed by atoms with van der Waals surface area (Å²) >= 11 is 0. The van der Waals surface area contributed by atoms with Crippen molar-refractivity contribution in [3.05, 3.63) is 11.6 Å². The lowest BCUT2D eigenvalue weighted by Crippen LogP contribution is -2.32. The molecule has 1 amide bonds. The van der Waals surface area contributed by atoms with E-state index >= 15 is 0 Å². The Balaban J connectivity index is 1.67. The molecule has 2 N–H and O–H groups in total. The first-order valence-electron chi connectivity index (χ1n) is 5.76. The summed E-state index contributed by atoms with van der Waals surface area (Å²) in [6.45, 7) is 0.945. The summed E-state index contributed by atoms with van der Waals surface area (Å²) in [4.78, 5) is 11.5. The summed E-state index contributed by atoms with van der Waals surface area (Å²) in [5.74, 6) is -0.0981. The third-order valence-corrected chi connectivity index (χ3v) is 2.76. The molecular formula is C11H17N3O2. The smallest absolute Gasteiger partial charge is 0.308 e. The zero-order chi connectivity index (χ0) is 11.2. The number of hydrogen-bond acceptors (Lipinski definition) is 4. The second-order valence-electron chi connectivity index (χ2n) is 3.98. The largest absolute Gasteiger partial charge is 0.450 e. The molecule has 0 fully saturated rings. The van der Waals surface area contributed by atoms with Gasteiger partial charge in [0.25, 0.3) is 5.90 Å². The van der Waals surface area contributed by atoms with E-state index in [1.165, 1.54) is 31.3 Å². The molecule has 0 aromatic carbocycles. The first-order chi connectivity index (χ1) is 7.86. The zero-order valence-corrected chi connectivity index (χ0v) is 9.29. The Hall–Kier alpha value is -1.52. The Kier molecular flexibility index (Phi) is 3.80. The van der Waals surface area contributed by atoms with Crippen LogP contribution in [-0.4, -0.2) is 25.1 Å². The number of carbonyl (C=O) groups is 1. The number of amides is 1. The van der Waals surface area contributed by atoms with Crippen molar-refractivity contribution in [1.29, 1.82) is 0 Å². The van der Waals surface area contributed by atoms with Gasteiger partial charge in [0.2, 0.25) is 0 Å². The molecule has 0 saturated carbocycles. The highest BCUT2D eigenvalue weighted by molar-refractivity contribution is 6.35. The minimum absolute atomic E-state index is 0.137. The number of allylic oxidation sites excluding steroid dienone is 1. The maximum Gasteiger partial charge on any atom is 0.308 e. The van der Waals surface area contributed by atoms with Crippen LogP contribution in [0.2, 0.25) is 0 Å². The molecule has 88 valence electrons. The van der Waals surface area contributed by atoms with Gasteiger partial charge in [-0.2, -0.15) is 0 Å². The second-order valence-corrected chi connectivity index (χ2v) is 3.98. The predicted molar refractivity (Wildman–Crippen MR) is 60.7 cm³/mol. The molecule has 0 unspecified atom stereocenters. The molecule has 0 bridgehead atoms. The molecule has 16 heavy (non-hydrogen) atoms. The summed E-state index contributed by atoms with van der Waals surface area (Å²) < 4.78 is 4.97. The number of nitrogens with one attached hydrogen (secondary N) is 2. The van der Waals surface area contributed by atoms with Gasteiger partial charge in [-0.1, -0.05) is 11.6 Å². The Morgan fingerprint density at radius 1 is 1.56 bits per heavy atom. The zero-order valence-electron chi connectivity index (χ0n) is 9.29. The van der Waals surface area contributed by atoms with Crippen molar-refractivity contribution in [2.75, 3.05) is 13.3 Å². The van der Waals surface area contributed by atoms with E-state index < -0.39 is 0 Å². The molecule has 1 aliphatic carbocycles. The molecule has 0 aromatic rings. The van der Waals surface area contributed by atoms with E-state index in [9.17, 15) is 4.79 Å². The third-order valence-electron chi connectivity index (χ3n) is 2.76. The van der Waals surface area contributed by atoms with Crippen molar-refractivity contribution in [2.45, 2.75) is 32.1 Å². The molecule has 0 spiro atoms. The standard InChI is InChI=1S/C11H17N3O2/c15-10(11-14-13-8-16-11)12-7-6-9-4-2-1-3-5-9/h4,13H,1-3,5-8H2,(H,12,15). The molecule has 1 heterocycles. The summed E-state index contributed by atoms with van der Waals surface area (Å²) in [6.07, 6.45) is 8.16. The van der Waals surface area contributed by atoms with Gasteiger partial charge in [-0.15, -0.1) is 5.10 Å². The summed E-state index contributed by atoms with van der Waals surface area (Å²) in [6, 6.07) is 0. The quantitative estimate of drug-likeness (QED) is 0.695. The molecule has 0 saturated heterocycles. The lowest BCUT2D eigenvalue weighted by molar-refractivity contribution is -0.116. The highest BCUT2D eigenvalue weighted by Gasteiger charge is 2.16. The molecule has 0 atom stereocenters. The van der Waals surface area contributed by atoms with Crippen LogP contribution in [-0.2, 0) is 9.53 Å². The maximum atomic E-state index is 11.5. The van der Waals surface area contributed by atoms with Gasteiger partial charge in [0.1, 0.15) is 0 Å². The predicted octanol–water partition coefficient (Wildman–Crippen LogP) is 0.884. The van der Waals surface area contributed by atoms with Crippen molar-refractivity contribution in [3.63, 3.8) is 0 Å². The number of hydrogen-bond donors (Lipinski definition) is 2. The van der Waals surface area contributed by atoms with E-state index in [1.807, 2.05) is 0 Å².